The van der Waals surface area contributed by atoms with Gasteiger partial charge in [-0.25, -0.2) is 0 Å². The third-order valence-electron chi connectivity index (χ3n) is 2.74. The van der Waals surface area contributed by atoms with E-state index >= 15 is 0 Å². The van der Waals surface area contributed by atoms with Crippen LogP contribution in [0.2, 0.25) is 0 Å². The number of hydrogen-bond donors (Lipinski definition) is 1. The summed E-state index contributed by atoms with van der Waals surface area (Å²) in [7, 11) is 0. The molecule has 0 amide bonds. The molecule has 1 atom stereocenters. The van der Waals surface area contributed by atoms with Crippen LogP contribution in [0, 0.1) is 6.92 Å². The SMILES string of the molecule is Cc1ccc([C@@H](O)c2ccc3c(c2)OCO3)s1. The lowest BCUT2D eigenvalue weighted by molar-refractivity contribution is 0.173. The molecular weight excluding hydrogens is 236 g/mol. The summed E-state index contributed by atoms with van der Waals surface area (Å²) >= 11 is 1.60. The van der Waals surface area contributed by atoms with Crippen molar-refractivity contribution in [2.45, 2.75) is 13.0 Å². The number of hydrogen-bond acceptors (Lipinski definition) is 4. The summed E-state index contributed by atoms with van der Waals surface area (Å²) in [6, 6.07) is 9.50. The van der Waals surface area contributed by atoms with E-state index in [9.17, 15) is 5.11 Å². The number of aliphatic hydroxyl groups excluding tert-OH is 1. The Morgan fingerprint density at radius 2 is 2.00 bits per heavy atom. The predicted molar refractivity (Wildman–Crippen MR) is 65.7 cm³/mol. The van der Waals surface area contributed by atoms with Crippen molar-refractivity contribution < 1.29 is 14.6 Å². The molecular formula is C13H12O3S. The minimum absolute atomic E-state index is 0.257. The third kappa shape index (κ3) is 1.90. The fourth-order valence-corrected chi connectivity index (χ4v) is 2.74. The van der Waals surface area contributed by atoms with Gasteiger partial charge in [0.05, 0.1) is 0 Å². The van der Waals surface area contributed by atoms with Crippen molar-refractivity contribution >= 4 is 11.3 Å². The normalized spacial score (nSPS) is 14.9. The van der Waals surface area contributed by atoms with Crippen molar-refractivity contribution in [1.82, 2.24) is 0 Å². The van der Waals surface area contributed by atoms with Crippen LogP contribution < -0.4 is 9.47 Å². The molecule has 0 saturated carbocycles. The van der Waals surface area contributed by atoms with Crippen molar-refractivity contribution in [3.8, 4) is 11.5 Å². The minimum Gasteiger partial charge on any atom is -0.454 e. The molecule has 0 radical (unpaired) electrons. The minimum atomic E-state index is -0.594. The summed E-state index contributed by atoms with van der Waals surface area (Å²) in [5.74, 6) is 1.44. The number of rotatable bonds is 2. The van der Waals surface area contributed by atoms with Crippen molar-refractivity contribution in [3.05, 3.63) is 45.6 Å². The topological polar surface area (TPSA) is 38.7 Å². The van der Waals surface area contributed by atoms with Crippen LogP contribution in [-0.2, 0) is 0 Å². The van der Waals surface area contributed by atoms with Gasteiger partial charge in [-0.1, -0.05) is 6.07 Å². The molecule has 3 nitrogen and oxygen atoms in total. The second-order valence-corrected chi connectivity index (χ2v) is 5.28. The zero-order valence-electron chi connectivity index (χ0n) is 9.34. The Bertz CT molecular complexity index is 547. The van der Waals surface area contributed by atoms with Crippen LogP contribution in [0.4, 0.5) is 0 Å². The third-order valence-corrected chi connectivity index (χ3v) is 3.80. The molecule has 2 aromatic rings. The molecule has 3 rings (SSSR count). The van der Waals surface area contributed by atoms with E-state index in [1.54, 1.807) is 11.3 Å². The smallest absolute Gasteiger partial charge is 0.231 e. The lowest BCUT2D eigenvalue weighted by atomic mass is 10.1. The van der Waals surface area contributed by atoms with E-state index in [0.717, 1.165) is 16.2 Å². The Balaban J connectivity index is 1.94. The molecule has 1 aliphatic rings. The molecule has 1 aromatic carbocycles. The van der Waals surface area contributed by atoms with Crippen LogP contribution in [0.25, 0.3) is 0 Å². The van der Waals surface area contributed by atoms with Crippen LogP contribution in [0.1, 0.15) is 21.4 Å². The number of fused-ring (bicyclic) bond motifs is 1. The zero-order chi connectivity index (χ0) is 11.8. The highest BCUT2D eigenvalue weighted by Gasteiger charge is 2.18. The summed E-state index contributed by atoms with van der Waals surface area (Å²) < 4.78 is 10.5. The summed E-state index contributed by atoms with van der Waals surface area (Å²) in [6.07, 6.45) is -0.594. The van der Waals surface area contributed by atoms with E-state index in [0.29, 0.717) is 5.75 Å². The summed E-state index contributed by atoms with van der Waals surface area (Å²) in [4.78, 5) is 2.14. The highest BCUT2D eigenvalue weighted by Crippen LogP contribution is 2.36. The van der Waals surface area contributed by atoms with E-state index in [1.807, 2.05) is 37.3 Å². The average molecular weight is 248 g/mol. The summed E-state index contributed by atoms with van der Waals surface area (Å²) in [6.45, 7) is 2.29. The maximum Gasteiger partial charge on any atom is 0.231 e. The van der Waals surface area contributed by atoms with Crippen LogP contribution in [0.3, 0.4) is 0 Å². The van der Waals surface area contributed by atoms with Gasteiger partial charge in [0, 0.05) is 9.75 Å². The molecule has 0 spiro atoms. The first-order chi connectivity index (χ1) is 8.24. The van der Waals surface area contributed by atoms with Crippen LogP contribution >= 0.6 is 11.3 Å². The molecule has 0 aliphatic carbocycles. The number of benzene rings is 1. The Labute approximate surface area is 103 Å². The highest BCUT2D eigenvalue weighted by molar-refractivity contribution is 7.12. The second-order valence-electron chi connectivity index (χ2n) is 3.96. The van der Waals surface area contributed by atoms with Crippen LogP contribution in [0.5, 0.6) is 11.5 Å². The molecule has 0 saturated heterocycles. The van der Waals surface area contributed by atoms with Gasteiger partial charge in [-0.05, 0) is 36.8 Å². The first-order valence-electron chi connectivity index (χ1n) is 5.38. The van der Waals surface area contributed by atoms with Gasteiger partial charge in [0.1, 0.15) is 6.10 Å². The zero-order valence-corrected chi connectivity index (χ0v) is 10.2. The maximum atomic E-state index is 10.3. The number of aliphatic hydroxyl groups is 1. The molecule has 88 valence electrons. The van der Waals surface area contributed by atoms with Crippen molar-refractivity contribution in [2.75, 3.05) is 6.79 Å². The van der Waals surface area contributed by atoms with E-state index in [2.05, 4.69) is 0 Å². The van der Waals surface area contributed by atoms with Crippen molar-refractivity contribution in [3.63, 3.8) is 0 Å². The van der Waals surface area contributed by atoms with Gasteiger partial charge < -0.3 is 14.6 Å². The van der Waals surface area contributed by atoms with Crippen molar-refractivity contribution in [1.29, 1.82) is 0 Å². The summed E-state index contributed by atoms with van der Waals surface area (Å²) in [5.41, 5.74) is 0.830. The molecule has 4 heteroatoms. The first kappa shape index (κ1) is 10.6. The maximum absolute atomic E-state index is 10.3. The molecule has 1 N–H and O–H groups in total. The Morgan fingerprint density at radius 3 is 2.76 bits per heavy atom. The lowest BCUT2D eigenvalue weighted by Crippen LogP contribution is -1.96. The molecule has 17 heavy (non-hydrogen) atoms. The molecule has 0 fully saturated rings. The number of ether oxygens (including phenoxy) is 2. The molecule has 2 heterocycles. The van der Waals surface area contributed by atoms with Gasteiger partial charge >= 0.3 is 0 Å². The standard InChI is InChI=1S/C13H12O3S/c1-8-2-5-12(17-8)13(14)9-3-4-10-11(6-9)16-7-15-10/h2-6,13-14H,7H2,1H3/t13-/m0/s1. The van der Waals surface area contributed by atoms with Gasteiger partial charge in [0.15, 0.2) is 11.5 Å². The number of aryl methyl sites for hydroxylation is 1. The Kier molecular flexibility index (Phi) is 2.53. The second kappa shape index (κ2) is 4.05. The van der Waals surface area contributed by atoms with Gasteiger partial charge in [-0.3, -0.25) is 0 Å². The fraction of sp³-hybridized carbons (Fsp3) is 0.231. The molecule has 0 unspecified atom stereocenters. The van der Waals surface area contributed by atoms with Crippen LogP contribution in [0.15, 0.2) is 30.3 Å². The predicted octanol–water partition coefficient (Wildman–Crippen LogP) is 2.87. The Morgan fingerprint density at radius 1 is 1.18 bits per heavy atom. The monoisotopic (exact) mass is 248 g/mol. The largest absolute Gasteiger partial charge is 0.454 e. The van der Waals surface area contributed by atoms with Gasteiger partial charge in [-0.15, -0.1) is 11.3 Å². The van der Waals surface area contributed by atoms with E-state index in [-0.39, 0.29) is 6.79 Å². The van der Waals surface area contributed by atoms with Crippen LogP contribution in [-0.4, -0.2) is 11.9 Å². The Hall–Kier alpha value is -1.52. The first-order valence-corrected chi connectivity index (χ1v) is 6.19. The number of thiophene rings is 1. The van der Waals surface area contributed by atoms with Crippen molar-refractivity contribution in [2.24, 2.45) is 0 Å². The molecule has 0 bridgehead atoms. The summed E-state index contributed by atoms with van der Waals surface area (Å²) in [5, 5.41) is 10.3. The van der Waals surface area contributed by atoms with Gasteiger partial charge in [0.25, 0.3) is 0 Å². The average Bonchev–Trinajstić information content (AvgIpc) is 2.95. The molecule has 1 aromatic heterocycles. The highest BCUT2D eigenvalue weighted by atomic mass is 32.1. The quantitative estimate of drug-likeness (QED) is 0.888. The van der Waals surface area contributed by atoms with E-state index in [1.165, 1.54) is 4.88 Å². The molecule has 1 aliphatic heterocycles. The lowest BCUT2D eigenvalue weighted by Gasteiger charge is -2.09. The van der Waals surface area contributed by atoms with Gasteiger partial charge in [0.2, 0.25) is 6.79 Å². The fourth-order valence-electron chi connectivity index (χ4n) is 1.85. The van der Waals surface area contributed by atoms with E-state index < -0.39 is 6.10 Å². The van der Waals surface area contributed by atoms with Gasteiger partial charge in [-0.2, -0.15) is 0 Å². The van der Waals surface area contributed by atoms with E-state index in [4.69, 9.17) is 9.47 Å².